The first-order chi connectivity index (χ1) is 17.5. The summed E-state index contributed by atoms with van der Waals surface area (Å²) in [6, 6.07) is 26.8. The molecule has 36 heavy (non-hydrogen) atoms. The number of esters is 1. The number of hydrogen-bond donors (Lipinski definition) is 0. The Labute approximate surface area is 220 Å². The van der Waals surface area contributed by atoms with Crippen LogP contribution in [0.2, 0.25) is 5.02 Å². The number of rotatable bonds is 10. The van der Waals surface area contributed by atoms with E-state index in [-0.39, 0.29) is 5.97 Å². The van der Waals surface area contributed by atoms with Gasteiger partial charge in [0.1, 0.15) is 0 Å². The maximum atomic E-state index is 13.0. The molecule has 0 N–H and O–H groups in total. The molecule has 3 aromatic rings. The zero-order valence-corrected chi connectivity index (χ0v) is 22.2. The molecule has 3 aromatic carbocycles. The van der Waals surface area contributed by atoms with Gasteiger partial charge < -0.3 is 9.64 Å². The lowest BCUT2D eigenvalue weighted by atomic mass is 9.78. The van der Waals surface area contributed by atoms with E-state index < -0.39 is 5.41 Å². The lowest BCUT2D eigenvalue weighted by molar-refractivity contribution is -0.150. The van der Waals surface area contributed by atoms with Crippen LogP contribution in [0.3, 0.4) is 0 Å². The Morgan fingerprint density at radius 2 is 1.61 bits per heavy atom. The minimum Gasteiger partial charge on any atom is -0.465 e. The smallest absolute Gasteiger partial charge is 0.316 e. The monoisotopic (exact) mass is 504 g/mol. The van der Waals surface area contributed by atoms with E-state index in [4.69, 9.17) is 16.3 Å². The molecule has 190 valence electrons. The highest BCUT2D eigenvalue weighted by molar-refractivity contribution is 6.30. The summed E-state index contributed by atoms with van der Waals surface area (Å²) in [7, 11) is 0. The lowest BCUT2D eigenvalue weighted by Gasteiger charge is -2.37. The van der Waals surface area contributed by atoms with E-state index in [9.17, 15) is 4.79 Å². The van der Waals surface area contributed by atoms with Crippen LogP contribution in [0.1, 0.15) is 38.7 Å². The van der Waals surface area contributed by atoms with E-state index >= 15 is 0 Å². The molecule has 4 rings (SSSR count). The Kier molecular flexibility index (Phi) is 9.06. The van der Waals surface area contributed by atoms with Gasteiger partial charge in [-0.2, -0.15) is 0 Å². The van der Waals surface area contributed by atoms with Crippen LogP contribution >= 0.6 is 11.6 Å². The highest BCUT2D eigenvalue weighted by Crippen LogP contribution is 2.31. The zero-order valence-electron chi connectivity index (χ0n) is 21.5. The van der Waals surface area contributed by atoms with E-state index in [0.717, 1.165) is 68.1 Å². The third kappa shape index (κ3) is 6.48. The first-order valence-corrected chi connectivity index (χ1v) is 13.4. The minimum atomic E-state index is -0.612. The lowest BCUT2D eigenvalue weighted by Crippen LogP contribution is -2.47. The molecule has 0 saturated carbocycles. The largest absolute Gasteiger partial charge is 0.465 e. The van der Waals surface area contributed by atoms with Gasteiger partial charge in [-0.05, 0) is 73.7 Å². The Bertz CT molecular complexity index is 1130. The normalized spacial score (nSPS) is 15.9. The van der Waals surface area contributed by atoms with E-state index in [2.05, 4.69) is 40.1 Å². The second-order valence-electron chi connectivity index (χ2n) is 9.83. The Morgan fingerprint density at radius 1 is 0.917 bits per heavy atom. The molecule has 1 heterocycles. The maximum Gasteiger partial charge on any atom is 0.316 e. The van der Waals surface area contributed by atoms with Crippen LogP contribution in [0.5, 0.6) is 0 Å². The molecule has 1 fully saturated rings. The van der Waals surface area contributed by atoms with E-state index in [1.165, 1.54) is 11.3 Å². The summed E-state index contributed by atoms with van der Waals surface area (Å²) < 4.78 is 5.60. The summed E-state index contributed by atoms with van der Waals surface area (Å²) in [4.78, 5) is 18.0. The minimum absolute atomic E-state index is 0.111. The molecule has 0 amide bonds. The molecule has 1 atom stereocenters. The number of carbonyl (C=O) groups excluding carboxylic acids is 1. The maximum absolute atomic E-state index is 13.0. The van der Waals surface area contributed by atoms with E-state index in [0.29, 0.717) is 6.61 Å². The van der Waals surface area contributed by atoms with Crippen molar-refractivity contribution in [1.29, 1.82) is 0 Å². The number of benzene rings is 3. The topological polar surface area (TPSA) is 32.8 Å². The molecular weight excluding hydrogens is 468 g/mol. The van der Waals surface area contributed by atoms with Gasteiger partial charge in [-0.3, -0.25) is 9.69 Å². The first kappa shape index (κ1) is 26.2. The van der Waals surface area contributed by atoms with Gasteiger partial charge in [-0.15, -0.1) is 0 Å². The summed E-state index contributed by atoms with van der Waals surface area (Å²) >= 11 is 6.20. The first-order valence-electron chi connectivity index (χ1n) is 13.1. The molecule has 1 aliphatic rings. The number of hydrogen-bond acceptors (Lipinski definition) is 4. The summed E-state index contributed by atoms with van der Waals surface area (Å²) in [6.45, 7) is 9.54. The zero-order chi connectivity index (χ0) is 25.4. The molecular formula is C31H37ClN2O2. The third-order valence-electron chi connectivity index (χ3n) is 7.19. The molecule has 5 heteroatoms. The van der Waals surface area contributed by atoms with Crippen molar-refractivity contribution in [2.45, 2.75) is 38.5 Å². The number of anilines is 1. The highest BCUT2D eigenvalue weighted by atomic mass is 35.5. The van der Waals surface area contributed by atoms with Gasteiger partial charge in [0, 0.05) is 36.9 Å². The summed E-state index contributed by atoms with van der Waals surface area (Å²) in [5.41, 5.74) is 4.01. The van der Waals surface area contributed by atoms with Gasteiger partial charge in [0.05, 0.1) is 12.0 Å². The van der Waals surface area contributed by atoms with Gasteiger partial charge in [0.25, 0.3) is 0 Å². The quantitative estimate of drug-likeness (QED) is 0.283. The molecule has 1 aliphatic heterocycles. The molecule has 0 bridgehead atoms. The van der Waals surface area contributed by atoms with Crippen molar-refractivity contribution < 1.29 is 9.53 Å². The number of nitrogens with zero attached hydrogens (tertiary/aromatic N) is 2. The molecule has 0 aromatic heterocycles. The molecule has 0 radical (unpaired) electrons. The van der Waals surface area contributed by atoms with E-state index in [1.54, 1.807) is 0 Å². The van der Waals surface area contributed by atoms with Gasteiger partial charge in [-0.1, -0.05) is 73.1 Å². The van der Waals surface area contributed by atoms with Crippen LogP contribution in [0.25, 0.3) is 11.1 Å². The Morgan fingerprint density at radius 3 is 2.31 bits per heavy atom. The van der Waals surface area contributed by atoms with Crippen molar-refractivity contribution in [2.24, 2.45) is 0 Å². The predicted octanol–water partition coefficient (Wildman–Crippen LogP) is 6.82. The number of halogens is 1. The predicted molar refractivity (Wildman–Crippen MR) is 150 cm³/mol. The Hall–Kier alpha value is -2.82. The van der Waals surface area contributed by atoms with Gasteiger partial charge in [0.2, 0.25) is 0 Å². The van der Waals surface area contributed by atoms with Gasteiger partial charge >= 0.3 is 5.97 Å². The summed E-state index contributed by atoms with van der Waals surface area (Å²) in [5, 5.41) is 0.758. The van der Waals surface area contributed by atoms with Crippen molar-refractivity contribution in [2.75, 3.05) is 44.2 Å². The second-order valence-corrected chi connectivity index (χ2v) is 10.3. The average molecular weight is 505 g/mol. The molecule has 4 nitrogen and oxygen atoms in total. The van der Waals surface area contributed by atoms with Crippen LogP contribution in [-0.2, 0) is 14.9 Å². The third-order valence-corrected chi connectivity index (χ3v) is 7.43. The van der Waals surface area contributed by atoms with Crippen molar-refractivity contribution in [3.05, 3.63) is 89.4 Å². The standard InChI is InChI=1S/C31H37ClN2O2/c1-3-22-36-30(35)31(2,27-12-5-4-6-13-27)16-9-17-33-18-20-34(21-19-33)29-15-8-11-26(24-29)25-10-7-14-28(32)23-25/h4-8,10-15,23-24H,3,9,16-22H2,1-2H3. The fourth-order valence-electron chi connectivity index (χ4n) is 4.96. The average Bonchev–Trinajstić information content (AvgIpc) is 2.92. The van der Waals surface area contributed by atoms with Crippen molar-refractivity contribution in [1.82, 2.24) is 4.90 Å². The number of piperazine rings is 1. The van der Waals surface area contributed by atoms with Crippen molar-refractivity contribution in [3.63, 3.8) is 0 Å². The summed E-state index contributed by atoms with van der Waals surface area (Å²) in [5.74, 6) is -0.111. The number of carbonyl (C=O) groups is 1. The molecule has 0 spiro atoms. The van der Waals surface area contributed by atoms with Crippen LogP contribution in [-0.4, -0.2) is 50.2 Å². The van der Waals surface area contributed by atoms with Crippen molar-refractivity contribution >= 4 is 23.3 Å². The SMILES string of the molecule is CCCOC(=O)C(C)(CCCN1CCN(c2cccc(-c3cccc(Cl)c3)c2)CC1)c1ccccc1. The van der Waals surface area contributed by atoms with Crippen LogP contribution < -0.4 is 4.90 Å². The van der Waals surface area contributed by atoms with Crippen LogP contribution in [0, 0.1) is 0 Å². The fourth-order valence-corrected chi connectivity index (χ4v) is 5.15. The number of ether oxygens (including phenoxy) is 1. The van der Waals surface area contributed by atoms with E-state index in [1.807, 2.05) is 62.4 Å². The van der Waals surface area contributed by atoms with Crippen molar-refractivity contribution in [3.8, 4) is 11.1 Å². The molecule has 1 unspecified atom stereocenters. The molecule has 0 aliphatic carbocycles. The Balaban J connectivity index is 1.32. The fraction of sp³-hybridized carbons (Fsp3) is 0.387. The summed E-state index contributed by atoms with van der Waals surface area (Å²) in [6.07, 6.45) is 2.57. The van der Waals surface area contributed by atoms with Crippen LogP contribution in [0.15, 0.2) is 78.9 Å². The van der Waals surface area contributed by atoms with Gasteiger partial charge in [-0.25, -0.2) is 0 Å². The second kappa shape index (κ2) is 12.4. The molecule has 1 saturated heterocycles. The van der Waals surface area contributed by atoms with Gasteiger partial charge in [0.15, 0.2) is 0 Å². The van der Waals surface area contributed by atoms with Crippen LogP contribution in [0.4, 0.5) is 5.69 Å². The highest BCUT2D eigenvalue weighted by Gasteiger charge is 2.36.